The zero-order valence-electron chi connectivity index (χ0n) is 19.7. The fourth-order valence-corrected chi connectivity index (χ4v) is 4.79. The Morgan fingerprint density at radius 2 is 1.81 bits per heavy atom. The molecule has 3 heterocycles. The van der Waals surface area contributed by atoms with Gasteiger partial charge in [-0.1, -0.05) is 24.3 Å². The Bertz CT molecular complexity index is 992. The molecular weight excluding hydrogens is 420 g/mol. The summed E-state index contributed by atoms with van der Waals surface area (Å²) in [6.45, 7) is 11.1. The monoisotopic (exact) mass is 454 g/mol. The molecule has 6 nitrogen and oxygen atoms in total. The smallest absolute Gasteiger partial charge is 0.256 e. The fourth-order valence-electron chi connectivity index (χ4n) is 4.04. The molecule has 0 unspecified atom stereocenters. The lowest BCUT2D eigenvalue weighted by molar-refractivity contribution is -0.115. The van der Waals surface area contributed by atoms with Crippen LogP contribution in [0, 0.1) is 13.8 Å². The third kappa shape index (κ3) is 5.27. The molecule has 2 aliphatic heterocycles. The second kappa shape index (κ2) is 10.9. The molecular formula is C25H34N4O2S. The first-order valence-corrected chi connectivity index (χ1v) is 12.3. The van der Waals surface area contributed by atoms with E-state index in [0.717, 1.165) is 71.5 Å². The van der Waals surface area contributed by atoms with E-state index in [0.29, 0.717) is 5.57 Å². The molecule has 2 fully saturated rings. The van der Waals surface area contributed by atoms with E-state index in [1.54, 1.807) is 11.8 Å². The number of carbonyl (C=O) groups is 2. The standard InChI is InChI=1S/C25H34N4O2S/c1-6-8-14-32-15-9-19-20(24(30)27-21(19)7-2)16-22-17(3)23(18(4)26-22)25(31)29-12-10-28(5)11-13-29/h6-9,16,26H,10-15H2,1-5H3,(H,27,30). The molecule has 32 heavy (non-hydrogen) atoms. The molecule has 7 heteroatoms. The Kier molecular flexibility index (Phi) is 8.21. The van der Waals surface area contributed by atoms with Crippen molar-refractivity contribution in [1.82, 2.24) is 20.1 Å². The van der Waals surface area contributed by atoms with Gasteiger partial charge >= 0.3 is 0 Å². The van der Waals surface area contributed by atoms with Crippen LogP contribution < -0.4 is 5.32 Å². The molecule has 0 radical (unpaired) electrons. The Balaban J connectivity index is 1.89. The number of aromatic nitrogens is 1. The third-order valence-corrected chi connectivity index (χ3v) is 6.82. The predicted octanol–water partition coefficient (Wildman–Crippen LogP) is 3.67. The third-order valence-electron chi connectivity index (χ3n) is 5.99. The molecule has 3 rings (SSSR count). The predicted molar refractivity (Wildman–Crippen MR) is 134 cm³/mol. The van der Waals surface area contributed by atoms with Gasteiger partial charge in [0.25, 0.3) is 11.8 Å². The zero-order chi connectivity index (χ0) is 23.3. The normalized spacial score (nSPS) is 21.5. The quantitative estimate of drug-likeness (QED) is 0.391. The second-order valence-electron chi connectivity index (χ2n) is 8.20. The topological polar surface area (TPSA) is 68.4 Å². The van der Waals surface area contributed by atoms with Crippen LogP contribution in [0.2, 0.25) is 0 Å². The molecule has 2 amide bonds. The molecule has 172 valence electrons. The van der Waals surface area contributed by atoms with Crippen LogP contribution >= 0.6 is 11.8 Å². The van der Waals surface area contributed by atoms with Crippen molar-refractivity contribution in [2.24, 2.45) is 0 Å². The summed E-state index contributed by atoms with van der Waals surface area (Å²) in [7, 11) is 2.08. The van der Waals surface area contributed by atoms with Crippen molar-refractivity contribution < 1.29 is 9.59 Å². The maximum Gasteiger partial charge on any atom is 0.256 e. The van der Waals surface area contributed by atoms with E-state index in [4.69, 9.17) is 0 Å². The maximum atomic E-state index is 13.2. The summed E-state index contributed by atoms with van der Waals surface area (Å²) in [5.41, 5.74) is 5.66. The van der Waals surface area contributed by atoms with Crippen LogP contribution in [-0.2, 0) is 4.79 Å². The number of likely N-dealkylation sites (N-methyl/N-ethyl adjacent to an activating group) is 1. The molecule has 2 saturated heterocycles. The molecule has 0 bridgehead atoms. The minimum absolute atomic E-state index is 0.0650. The molecule has 0 atom stereocenters. The number of aromatic amines is 1. The van der Waals surface area contributed by atoms with Gasteiger partial charge in [-0.2, -0.15) is 11.8 Å². The van der Waals surface area contributed by atoms with Crippen molar-refractivity contribution in [1.29, 1.82) is 0 Å². The first-order chi connectivity index (χ1) is 15.4. The molecule has 0 spiro atoms. The van der Waals surface area contributed by atoms with E-state index in [-0.39, 0.29) is 11.8 Å². The number of nitrogens with one attached hydrogen (secondary N) is 2. The van der Waals surface area contributed by atoms with Gasteiger partial charge in [-0.25, -0.2) is 0 Å². The highest BCUT2D eigenvalue weighted by molar-refractivity contribution is 7.99. The van der Waals surface area contributed by atoms with Crippen molar-refractivity contribution in [3.63, 3.8) is 0 Å². The van der Waals surface area contributed by atoms with E-state index < -0.39 is 0 Å². The molecule has 0 saturated carbocycles. The van der Waals surface area contributed by atoms with Gasteiger partial charge in [0.2, 0.25) is 0 Å². The van der Waals surface area contributed by atoms with E-state index in [2.05, 4.69) is 34.4 Å². The van der Waals surface area contributed by atoms with Crippen molar-refractivity contribution >= 4 is 29.7 Å². The van der Waals surface area contributed by atoms with Crippen LogP contribution in [0.5, 0.6) is 0 Å². The average Bonchev–Trinajstić information content (AvgIpc) is 3.23. The second-order valence-corrected chi connectivity index (χ2v) is 9.27. The van der Waals surface area contributed by atoms with Crippen molar-refractivity contribution in [2.75, 3.05) is 44.7 Å². The highest BCUT2D eigenvalue weighted by atomic mass is 32.2. The lowest BCUT2D eigenvalue weighted by Crippen LogP contribution is -2.47. The number of rotatable bonds is 6. The Morgan fingerprint density at radius 1 is 1.09 bits per heavy atom. The summed E-state index contributed by atoms with van der Waals surface area (Å²) in [4.78, 5) is 33.5. The number of piperazine rings is 1. The van der Waals surface area contributed by atoms with Gasteiger partial charge < -0.3 is 20.1 Å². The van der Waals surface area contributed by atoms with E-state index in [9.17, 15) is 9.59 Å². The molecule has 2 N–H and O–H groups in total. The molecule has 2 aliphatic rings. The van der Waals surface area contributed by atoms with Crippen LogP contribution in [0.25, 0.3) is 6.08 Å². The van der Waals surface area contributed by atoms with Gasteiger partial charge in [-0.05, 0) is 46.4 Å². The number of hydrogen-bond donors (Lipinski definition) is 2. The number of hydrogen-bond acceptors (Lipinski definition) is 4. The van der Waals surface area contributed by atoms with Gasteiger partial charge in [0.1, 0.15) is 0 Å². The van der Waals surface area contributed by atoms with Crippen molar-refractivity contribution in [3.05, 3.63) is 63.7 Å². The zero-order valence-corrected chi connectivity index (χ0v) is 20.6. The Labute approximate surface area is 195 Å². The van der Waals surface area contributed by atoms with Crippen molar-refractivity contribution in [3.8, 4) is 0 Å². The number of amides is 2. The summed E-state index contributed by atoms with van der Waals surface area (Å²) in [6.07, 6.45) is 10.1. The number of H-pyrrole nitrogens is 1. The van der Waals surface area contributed by atoms with E-state index >= 15 is 0 Å². The minimum atomic E-state index is -0.110. The first kappa shape index (κ1) is 24.1. The SMILES string of the molecule is CC=CCSCC=C1C(=CC)NC(=O)C1=Cc1[nH]c(C)c(C(=O)N2CCN(C)CC2)c1C. The number of carbonyl (C=O) groups excluding carboxylic acids is 2. The van der Waals surface area contributed by atoms with Gasteiger partial charge in [0.15, 0.2) is 0 Å². The highest BCUT2D eigenvalue weighted by Gasteiger charge is 2.29. The summed E-state index contributed by atoms with van der Waals surface area (Å²) in [5, 5.41) is 2.96. The maximum absolute atomic E-state index is 13.2. The number of aryl methyl sites for hydroxylation is 1. The largest absolute Gasteiger partial charge is 0.358 e. The van der Waals surface area contributed by atoms with Crippen LogP contribution in [0.1, 0.15) is 41.2 Å². The van der Waals surface area contributed by atoms with E-state index in [1.807, 2.05) is 50.8 Å². The first-order valence-electron chi connectivity index (χ1n) is 11.1. The van der Waals surface area contributed by atoms with Crippen LogP contribution in [-0.4, -0.2) is 71.3 Å². The van der Waals surface area contributed by atoms with E-state index in [1.165, 1.54) is 0 Å². The van der Waals surface area contributed by atoms with Crippen molar-refractivity contribution in [2.45, 2.75) is 27.7 Å². The Morgan fingerprint density at radius 3 is 2.47 bits per heavy atom. The molecule has 0 aromatic carbocycles. The van der Waals surface area contributed by atoms with Crippen LogP contribution in [0.4, 0.5) is 0 Å². The summed E-state index contributed by atoms with van der Waals surface area (Å²) >= 11 is 1.80. The summed E-state index contributed by atoms with van der Waals surface area (Å²) < 4.78 is 0. The lowest BCUT2D eigenvalue weighted by Gasteiger charge is -2.32. The molecule has 0 aliphatic carbocycles. The van der Waals surface area contributed by atoms with Gasteiger partial charge in [-0.3, -0.25) is 9.59 Å². The summed E-state index contributed by atoms with van der Waals surface area (Å²) in [6, 6.07) is 0. The van der Waals surface area contributed by atoms with Gasteiger partial charge in [0, 0.05) is 60.3 Å². The number of allylic oxidation sites excluding steroid dienone is 3. The summed E-state index contributed by atoms with van der Waals surface area (Å²) in [5.74, 6) is 1.72. The fraction of sp³-hybridized carbons (Fsp3) is 0.440. The molecule has 1 aromatic rings. The van der Waals surface area contributed by atoms with Gasteiger partial charge in [-0.15, -0.1) is 0 Å². The van der Waals surface area contributed by atoms with Gasteiger partial charge in [0.05, 0.1) is 11.1 Å². The lowest BCUT2D eigenvalue weighted by atomic mass is 10.0. The number of nitrogens with zero attached hydrogens (tertiary/aromatic N) is 2. The number of thioether (sulfide) groups is 1. The minimum Gasteiger partial charge on any atom is -0.358 e. The Hall–Kier alpha value is -2.51. The highest BCUT2D eigenvalue weighted by Crippen LogP contribution is 2.30. The average molecular weight is 455 g/mol. The molecule has 1 aromatic heterocycles. The van der Waals surface area contributed by atoms with Crippen LogP contribution in [0.3, 0.4) is 0 Å². The van der Waals surface area contributed by atoms with Crippen LogP contribution in [0.15, 0.2) is 41.1 Å².